The molecule has 0 bridgehead atoms. The molecular weight excluding hydrogens is 415 g/mol. The van der Waals surface area contributed by atoms with Crippen molar-refractivity contribution in [1.29, 1.82) is 0 Å². The summed E-state index contributed by atoms with van der Waals surface area (Å²) >= 11 is 0. The third-order valence-electron chi connectivity index (χ3n) is 4.34. The monoisotopic (exact) mass is 444 g/mol. The Kier molecular flexibility index (Phi) is 7.78. The molecule has 2 aromatic heterocycles. The molecule has 0 fully saturated rings. The number of rotatable bonds is 5. The Labute approximate surface area is 162 Å². The Morgan fingerprint density at radius 2 is 2.04 bits per heavy atom. The molecule has 0 aromatic carbocycles. The molecule has 0 amide bonds. The van der Waals surface area contributed by atoms with Crippen LogP contribution in [0.4, 0.5) is 0 Å². The molecule has 24 heavy (non-hydrogen) atoms. The smallest absolute Gasteiger partial charge is 0.193 e. The molecule has 0 aliphatic rings. The van der Waals surface area contributed by atoms with E-state index in [0.717, 1.165) is 31.2 Å². The van der Waals surface area contributed by atoms with Gasteiger partial charge in [0.1, 0.15) is 0 Å². The first-order valence-electron chi connectivity index (χ1n) is 7.95. The lowest BCUT2D eigenvalue weighted by Gasteiger charge is -2.22. The van der Waals surface area contributed by atoms with Crippen LogP contribution in [0.1, 0.15) is 22.6 Å². The topological polar surface area (TPSA) is 50.4 Å². The highest BCUT2D eigenvalue weighted by Gasteiger charge is 2.11. The average Bonchev–Trinajstić information content (AvgIpc) is 3.01. The van der Waals surface area contributed by atoms with Gasteiger partial charge in [0.05, 0.1) is 12.2 Å². The summed E-state index contributed by atoms with van der Waals surface area (Å²) in [5.74, 6) is 0.908. The fourth-order valence-electron chi connectivity index (χ4n) is 2.84. The normalized spacial score (nSPS) is 11.3. The summed E-state index contributed by atoms with van der Waals surface area (Å²) in [5, 5.41) is 7.91. The second-order valence-corrected chi connectivity index (χ2v) is 5.96. The second kappa shape index (κ2) is 9.10. The molecule has 0 aliphatic heterocycles. The molecule has 0 saturated carbocycles. The summed E-state index contributed by atoms with van der Waals surface area (Å²) < 4.78 is 4.08. The van der Waals surface area contributed by atoms with E-state index in [9.17, 15) is 0 Å². The maximum Gasteiger partial charge on any atom is 0.193 e. The van der Waals surface area contributed by atoms with Crippen molar-refractivity contribution < 1.29 is 0 Å². The molecule has 134 valence electrons. The van der Waals surface area contributed by atoms with Crippen LogP contribution in [0.2, 0.25) is 0 Å². The van der Waals surface area contributed by atoms with E-state index >= 15 is 0 Å². The molecule has 0 unspecified atom stereocenters. The number of aliphatic imine (C=N–C) groups is 1. The van der Waals surface area contributed by atoms with Crippen molar-refractivity contribution in [2.75, 3.05) is 20.6 Å². The fourth-order valence-corrected chi connectivity index (χ4v) is 2.84. The number of hydrogen-bond donors (Lipinski definition) is 1. The van der Waals surface area contributed by atoms with E-state index in [1.54, 1.807) is 0 Å². The van der Waals surface area contributed by atoms with Crippen molar-refractivity contribution in [2.24, 2.45) is 19.1 Å². The van der Waals surface area contributed by atoms with Crippen molar-refractivity contribution in [2.45, 2.75) is 26.8 Å². The maximum atomic E-state index is 4.47. The number of aryl methyl sites for hydroxylation is 3. The molecule has 2 rings (SSSR count). The molecule has 0 atom stereocenters. The Morgan fingerprint density at radius 1 is 1.33 bits per heavy atom. The number of nitrogens with one attached hydrogen (secondary N) is 1. The van der Waals surface area contributed by atoms with Crippen LogP contribution in [0.15, 0.2) is 23.3 Å². The van der Waals surface area contributed by atoms with Crippen molar-refractivity contribution in [3.05, 3.63) is 41.0 Å². The van der Waals surface area contributed by atoms with Crippen molar-refractivity contribution in [3.8, 4) is 0 Å². The minimum absolute atomic E-state index is 0. The molecule has 0 spiro atoms. The zero-order valence-corrected chi connectivity index (χ0v) is 17.8. The molecule has 2 aromatic rings. The molecule has 2 heterocycles. The van der Waals surface area contributed by atoms with Crippen LogP contribution in [-0.2, 0) is 27.1 Å². The largest absolute Gasteiger partial charge is 0.356 e. The summed E-state index contributed by atoms with van der Waals surface area (Å²) in [5.41, 5.74) is 4.92. The predicted octanol–water partition coefficient (Wildman–Crippen LogP) is 2.24. The highest BCUT2D eigenvalue weighted by atomic mass is 127. The van der Waals surface area contributed by atoms with E-state index in [1.807, 2.05) is 18.8 Å². The van der Waals surface area contributed by atoms with Gasteiger partial charge in [-0.3, -0.25) is 9.67 Å². The first kappa shape index (κ1) is 20.5. The van der Waals surface area contributed by atoms with Crippen molar-refractivity contribution in [1.82, 2.24) is 24.6 Å². The third-order valence-corrected chi connectivity index (χ3v) is 4.34. The highest BCUT2D eigenvalue weighted by Crippen LogP contribution is 2.12. The van der Waals surface area contributed by atoms with Gasteiger partial charge in [-0.05, 0) is 38.0 Å². The summed E-state index contributed by atoms with van der Waals surface area (Å²) in [6, 6.07) is 4.19. The Hall–Kier alpha value is -1.51. The SMILES string of the molecule is CN=C(NCCc1c(C)nn(C)c1C)N(C)Cc1cccn1C.I. The van der Waals surface area contributed by atoms with Gasteiger partial charge in [0.25, 0.3) is 0 Å². The lowest BCUT2D eigenvalue weighted by Crippen LogP contribution is -2.39. The molecule has 0 aliphatic carbocycles. The Morgan fingerprint density at radius 3 is 2.54 bits per heavy atom. The van der Waals surface area contributed by atoms with Gasteiger partial charge < -0.3 is 14.8 Å². The Bertz CT molecular complexity index is 685. The standard InChI is InChI=1S/C17H28N6.HI/c1-13-16(14(2)23(6)20-13)9-10-19-17(18-3)22(5)12-15-8-7-11-21(15)4;/h7-8,11H,9-10,12H2,1-6H3,(H,18,19);1H. The minimum Gasteiger partial charge on any atom is -0.356 e. The predicted molar refractivity (Wildman–Crippen MR) is 110 cm³/mol. The van der Waals surface area contributed by atoms with Gasteiger partial charge in [0.2, 0.25) is 0 Å². The van der Waals surface area contributed by atoms with Crippen LogP contribution in [-0.4, -0.2) is 45.8 Å². The van der Waals surface area contributed by atoms with E-state index < -0.39 is 0 Å². The zero-order valence-electron chi connectivity index (χ0n) is 15.5. The van der Waals surface area contributed by atoms with E-state index in [0.29, 0.717) is 0 Å². The van der Waals surface area contributed by atoms with Crippen LogP contribution >= 0.6 is 24.0 Å². The first-order valence-corrected chi connectivity index (χ1v) is 7.95. The van der Waals surface area contributed by atoms with Gasteiger partial charge in [0, 0.05) is 52.3 Å². The van der Waals surface area contributed by atoms with Gasteiger partial charge in [-0.25, -0.2) is 0 Å². The number of hydrogen-bond acceptors (Lipinski definition) is 2. The van der Waals surface area contributed by atoms with E-state index in [4.69, 9.17) is 0 Å². The van der Waals surface area contributed by atoms with Crippen LogP contribution in [0.25, 0.3) is 0 Å². The van der Waals surface area contributed by atoms with Crippen LogP contribution in [0.3, 0.4) is 0 Å². The minimum atomic E-state index is 0. The maximum absolute atomic E-state index is 4.47. The summed E-state index contributed by atoms with van der Waals surface area (Å²) in [6.45, 7) is 5.86. The molecule has 0 saturated heterocycles. The van der Waals surface area contributed by atoms with E-state index in [1.165, 1.54) is 17.0 Å². The summed E-state index contributed by atoms with van der Waals surface area (Å²) in [4.78, 5) is 6.52. The van der Waals surface area contributed by atoms with Crippen LogP contribution in [0.5, 0.6) is 0 Å². The molecule has 6 nitrogen and oxygen atoms in total. The van der Waals surface area contributed by atoms with Gasteiger partial charge in [-0.1, -0.05) is 0 Å². The number of aromatic nitrogens is 3. The average molecular weight is 444 g/mol. The van der Waals surface area contributed by atoms with Crippen molar-refractivity contribution in [3.63, 3.8) is 0 Å². The summed E-state index contributed by atoms with van der Waals surface area (Å²) in [7, 11) is 7.94. The second-order valence-electron chi connectivity index (χ2n) is 5.96. The Balaban J connectivity index is 0.00000288. The van der Waals surface area contributed by atoms with E-state index in [2.05, 4.69) is 71.1 Å². The lowest BCUT2D eigenvalue weighted by molar-refractivity contribution is 0.462. The lowest BCUT2D eigenvalue weighted by atomic mass is 10.1. The van der Waals surface area contributed by atoms with Crippen LogP contribution in [0, 0.1) is 13.8 Å². The van der Waals surface area contributed by atoms with Gasteiger partial charge in [0.15, 0.2) is 5.96 Å². The van der Waals surface area contributed by atoms with E-state index in [-0.39, 0.29) is 24.0 Å². The van der Waals surface area contributed by atoms with Crippen LogP contribution < -0.4 is 5.32 Å². The van der Waals surface area contributed by atoms with Gasteiger partial charge >= 0.3 is 0 Å². The fraction of sp³-hybridized carbons (Fsp3) is 0.529. The number of nitrogens with zero attached hydrogens (tertiary/aromatic N) is 5. The zero-order chi connectivity index (χ0) is 17.0. The van der Waals surface area contributed by atoms with Gasteiger partial charge in [-0.2, -0.15) is 5.10 Å². The molecule has 7 heteroatoms. The first-order chi connectivity index (χ1) is 10.9. The molecule has 1 N–H and O–H groups in total. The highest BCUT2D eigenvalue weighted by molar-refractivity contribution is 14.0. The number of guanidine groups is 1. The molecule has 0 radical (unpaired) electrons. The molecular formula is C17H29IN6. The summed E-state index contributed by atoms with van der Waals surface area (Å²) in [6.07, 6.45) is 3.01. The third kappa shape index (κ3) is 4.75. The van der Waals surface area contributed by atoms with Crippen molar-refractivity contribution >= 4 is 29.9 Å². The number of halogens is 1. The van der Waals surface area contributed by atoms with Gasteiger partial charge in [-0.15, -0.1) is 24.0 Å². The quantitative estimate of drug-likeness (QED) is 0.437.